The van der Waals surface area contributed by atoms with Gasteiger partial charge in [0.2, 0.25) is 5.91 Å². The lowest BCUT2D eigenvalue weighted by atomic mass is 9.43. The summed E-state index contributed by atoms with van der Waals surface area (Å²) in [5, 5.41) is 37.9. The predicted octanol–water partition coefficient (Wildman–Crippen LogP) is 5.60. The van der Waals surface area contributed by atoms with E-state index in [0.717, 1.165) is 74.5 Å². The van der Waals surface area contributed by atoms with Crippen molar-refractivity contribution in [2.24, 2.45) is 46.3 Å². The number of aliphatic hydroxyl groups is 3. The number of methoxy groups -OCH3 is 1. The Morgan fingerprint density at radius 2 is 1.90 bits per heavy atom. The first-order valence-corrected chi connectivity index (χ1v) is 16.5. The van der Waals surface area contributed by atoms with E-state index in [0.29, 0.717) is 42.6 Å². The Balaban J connectivity index is 1.12. The fraction of sp³-hybridized carbons (Fsp3) is 0.743. The second kappa shape index (κ2) is 11.5. The molecule has 1 aromatic heterocycles. The maximum absolute atomic E-state index is 13.2. The summed E-state index contributed by atoms with van der Waals surface area (Å²) in [6, 6.07) is 8.08. The maximum Gasteiger partial charge on any atom is 0.224 e. The smallest absolute Gasteiger partial charge is 0.224 e. The van der Waals surface area contributed by atoms with E-state index in [-0.39, 0.29) is 34.9 Å². The molecule has 232 valence electrons. The van der Waals surface area contributed by atoms with Crippen LogP contribution >= 0.6 is 0 Å². The molecular formula is C35H52N2O5. The van der Waals surface area contributed by atoms with Crippen molar-refractivity contribution in [3.63, 3.8) is 0 Å². The van der Waals surface area contributed by atoms with E-state index in [1.165, 1.54) is 0 Å². The summed E-state index contributed by atoms with van der Waals surface area (Å²) in [5.74, 6) is 1.81. The molecule has 4 aliphatic carbocycles. The number of aromatic nitrogens is 1. The van der Waals surface area contributed by atoms with Crippen LogP contribution in [0.5, 0.6) is 0 Å². The second-order valence-corrected chi connectivity index (χ2v) is 14.8. The second-order valence-electron chi connectivity index (χ2n) is 14.8. The Morgan fingerprint density at radius 1 is 1.10 bits per heavy atom. The van der Waals surface area contributed by atoms with Crippen molar-refractivity contribution in [2.45, 2.75) is 103 Å². The van der Waals surface area contributed by atoms with Gasteiger partial charge in [-0.2, -0.15) is 0 Å². The molecule has 4 aliphatic rings. The topological polar surface area (TPSA) is 104 Å². The quantitative estimate of drug-likeness (QED) is 0.325. The van der Waals surface area contributed by atoms with E-state index in [1.54, 1.807) is 7.11 Å². The number of anilines is 1. The van der Waals surface area contributed by atoms with E-state index in [1.807, 2.05) is 18.3 Å². The highest BCUT2D eigenvalue weighted by molar-refractivity contribution is 6.01. The Morgan fingerprint density at radius 3 is 2.69 bits per heavy atom. The number of hydrogen-bond acceptors (Lipinski definition) is 5. The van der Waals surface area contributed by atoms with Crippen molar-refractivity contribution >= 4 is 22.5 Å². The number of nitrogens with zero attached hydrogens (tertiary/aromatic N) is 1. The lowest BCUT2D eigenvalue weighted by Gasteiger charge is -2.63. The third-order valence-corrected chi connectivity index (χ3v) is 13.0. The van der Waals surface area contributed by atoms with Gasteiger partial charge in [-0.1, -0.05) is 26.8 Å². The normalized spacial score (nSPS) is 40.3. The van der Waals surface area contributed by atoms with E-state index < -0.39 is 6.10 Å². The molecule has 4 saturated carbocycles. The number of aliphatic hydroxyl groups excluding tert-OH is 3. The summed E-state index contributed by atoms with van der Waals surface area (Å²) in [4.78, 5) is 13.2. The molecule has 6 rings (SSSR count). The molecule has 1 heterocycles. The fourth-order valence-electron chi connectivity index (χ4n) is 10.6. The molecule has 1 aromatic carbocycles. The van der Waals surface area contributed by atoms with Crippen LogP contribution in [0, 0.1) is 46.3 Å². The van der Waals surface area contributed by atoms with Gasteiger partial charge in [-0.25, -0.2) is 0 Å². The molecule has 0 radical (unpaired) electrons. The van der Waals surface area contributed by atoms with E-state index >= 15 is 0 Å². The number of hydrogen-bond donors (Lipinski definition) is 4. The SMILES string of the molecule is COCCn1ccc2c(NC(=O)CC[C@@H](C)[C@H]3CC[C@H]4[C@@H]5[C@H](O)C[C@@H]6C[C@H](O)CC[C@]6(C)[C@H]5C[C@H](O)[C@]34C)cccc21. The molecule has 0 unspecified atom stereocenters. The summed E-state index contributed by atoms with van der Waals surface area (Å²) in [5.41, 5.74) is 1.77. The largest absolute Gasteiger partial charge is 0.393 e. The van der Waals surface area contributed by atoms with Crippen LogP contribution < -0.4 is 5.32 Å². The van der Waals surface area contributed by atoms with Gasteiger partial charge in [0.15, 0.2) is 0 Å². The molecule has 0 bridgehead atoms. The van der Waals surface area contributed by atoms with Crippen LogP contribution in [0.3, 0.4) is 0 Å². The molecule has 0 spiro atoms. The summed E-state index contributed by atoms with van der Waals surface area (Å²) >= 11 is 0. The number of nitrogens with one attached hydrogen (secondary N) is 1. The maximum atomic E-state index is 13.2. The highest BCUT2D eigenvalue weighted by Gasteiger charge is 2.65. The van der Waals surface area contributed by atoms with Gasteiger partial charge in [0.25, 0.3) is 0 Å². The number of rotatable bonds is 8. The zero-order valence-electron chi connectivity index (χ0n) is 26.0. The summed E-state index contributed by atoms with van der Waals surface area (Å²) in [7, 11) is 1.70. The molecule has 2 aromatic rings. The standard InChI is InChI=1S/C35H52N2O5/c1-21(8-11-32(41)36-28-6-5-7-29-24(28)13-15-37(29)16-17-42-4)25-9-10-26-33-27(20-31(40)35(25,26)3)34(2)14-12-23(38)18-22(34)19-30(33)39/h5-7,13,15,21-23,25-27,30-31,33,38-40H,8-12,14,16-20H2,1-4H3,(H,36,41)/t21-,22+,23-,25-,26+,27+,30-,31+,33+,34+,35-/m1/s1. The number of fused-ring (bicyclic) bond motifs is 6. The number of ether oxygens (including phenoxy) is 1. The molecule has 7 heteroatoms. The summed E-state index contributed by atoms with van der Waals surface area (Å²) < 4.78 is 7.38. The molecule has 42 heavy (non-hydrogen) atoms. The molecule has 4 fully saturated rings. The zero-order chi connectivity index (χ0) is 29.8. The molecular weight excluding hydrogens is 528 g/mol. The molecule has 11 atom stereocenters. The van der Waals surface area contributed by atoms with E-state index in [9.17, 15) is 20.1 Å². The third-order valence-electron chi connectivity index (χ3n) is 13.0. The molecule has 0 saturated heterocycles. The van der Waals surface area contributed by atoms with Crippen LogP contribution in [-0.2, 0) is 16.1 Å². The molecule has 0 aliphatic heterocycles. The van der Waals surface area contributed by atoms with Gasteiger partial charge in [0, 0.05) is 31.7 Å². The minimum absolute atomic E-state index is 0.0316. The predicted molar refractivity (Wildman–Crippen MR) is 165 cm³/mol. The van der Waals surface area contributed by atoms with Crippen LogP contribution in [0.2, 0.25) is 0 Å². The van der Waals surface area contributed by atoms with E-state index in [4.69, 9.17) is 4.74 Å². The van der Waals surface area contributed by atoms with Crippen LogP contribution in [0.25, 0.3) is 10.9 Å². The van der Waals surface area contributed by atoms with Crippen LogP contribution in [0.15, 0.2) is 30.5 Å². The van der Waals surface area contributed by atoms with Gasteiger partial charge in [0.1, 0.15) is 0 Å². The molecule has 1 amide bonds. The number of carbonyl (C=O) groups excluding carboxylic acids is 1. The van der Waals surface area contributed by atoms with E-state index in [2.05, 4.69) is 42.8 Å². The van der Waals surface area contributed by atoms with Crippen LogP contribution in [0.4, 0.5) is 5.69 Å². The van der Waals surface area contributed by atoms with Crippen LogP contribution in [-0.4, -0.2) is 57.8 Å². The van der Waals surface area contributed by atoms with Crippen molar-refractivity contribution in [2.75, 3.05) is 19.0 Å². The van der Waals surface area contributed by atoms with Crippen molar-refractivity contribution in [1.29, 1.82) is 0 Å². The minimum atomic E-state index is -0.401. The minimum Gasteiger partial charge on any atom is -0.393 e. The van der Waals surface area contributed by atoms with Gasteiger partial charge in [-0.15, -0.1) is 0 Å². The van der Waals surface area contributed by atoms with Gasteiger partial charge in [-0.05, 0) is 116 Å². The zero-order valence-corrected chi connectivity index (χ0v) is 26.0. The number of amides is 1. The highest BCUT2D eigenvalue weighted by Crippen LogP contribution is 2.68. The fourth-order valence-corrected chi connectivity index (χ4v) is 10.6. The van der Waals surface area contributed by atoms with Crippen LogP contribution in [0.1, 0.15) is 78.6 Å². The van der Waals surface area contributed by atoms with Crippen molar-refractivity contribution in [1.82, 2.24) is 4.57 Å². The first-order valence-electron chi connectivity index (χ1n) is 16.5. The Kier molecular flexibility index (Phi) is 8.27. The van der Waals surface area contributed by atoms with Crippen molar-refractivity contribution in [3.8, 4) is 0 Å². The van der Waals surface area contributed by atoms with Gasteiger partial charge in [-0.3, -0.25) is 4.79 Å². The first kappa shape index (κ1) is 30.1. The van der Waals surface area contributed by atoms with Crippen molar-refractivity contribution < 1.29 is 24.9 Å². The third kappa shape index (κ3) is 4.92. The molecule has 4 N–H and O–H groups in total. The van der Waals surface area contributed by atoms with Gasteiger partial charge >= 0.3 is 0 Å². The monoisotopic (exact) mass is 580 g/mol. The first-order chi connectivity index (χ1) is 20.1. The Labute approximate surface area is 251 Å². The number of carbonyl (C=O) groups is 1. The summed E-state index contributed by atoms with van der Waals surface area (Å²) in [6.07, 6.45) is 8.47. The van der Waals surface area contributed by atoms with Gasteiger partial charge in [0.05, 0.1) is 36.1 Å². The van der Waals surface area contributed by atoms with Crippen molar-refractivity contribution in [3.05, 3.63) is 30.5 Å². The molecule has 7 nitrogen and oxygen atoms in total. The lowest BCUT2D eigenvalue weighted by molar-refractivity contribution is -0.207. The Hall–Kier alpha value is -1.93. The number of benzene rings is 1. The van der Waals surface area contributed by atoms with Gasteiger partial charge < -0.3 is 29.9 Å². The summed E-state index contributed by atoms with van der Waals surface area (Å²) in [6.45, 7) is 8.33. The lowest BCUT2D eigenvalue weighted by Crippen LogP contribution is -2.62. The average Bonchev–Trinajstić information content (AvgIpc) is 3.54. The highest BCUT2D eigenvalue weighted by atomic mass is 16.5. The Bertz CT molecular complexity index is 1280. The average molecular weight is 581 g/mol.